The van der Waals surface area contributed by atoms with Crippen LogP contribution in [0.15, 0.2) is 127 Å². The van der Waals surface area contributed by atoms with Crippen LogP contribution in [0.2, 0.25) is 0 Å². The van der Waals surface area contributed by atoms with Crippen LogP contribution in [0.1, 0.15) is 70.9 Å². The van der Waals surface area contributed by atoms with E-state index in [0.29, 0.717) is 0 Å². The van der Waals surface area contributed by atoms with E-state index in [1.54, 1.807) is 0 Å². The number of rotatable bonds is 5. The second-order valence-corrected chi connectivity index (χ2v) is 15.6. The Balaban J connectivity index is 1.14. The molecule has 1 aliphatic heterocycles. The van der Waals surface area contributed by atoms with Gasteiger partial charge in [0.2, 0.25) is 0 Å². The third-order valence-electron chi connectivity index (χ3n) is 12.0. The summed E-state index contributed by atoms with van der Waals surface area (Å²) in [6.45, 7) is 8.51. The van der Waals surface area contributed by atoms with Crippen molar-refractivity contribution < 1.29 is 9.31 Å². The fraction of sp³-hybridized carbons (Fsp3) is 0.261. The average Bonchev–Trinajstić information content (AvgIpc) is 3.56. The van der Waals surface area contributed by atoms with Crippen LogP contribution >= 0.6 is 0 Å². The Kier molecular flexibility index (Phi) is 7.64. The van der Waals surface area contributed by atoms with E-state index in [4.69, 9.17) is 19.3 Å². The van der Waals surface area contributed by atoms with Crippen LogP contribution in [0.3, 0.4) is 0 Å². The topological polar surface area (TPSA) is 44.2 Å². The van der Waals surface area contributed by atoms with Crippen molar-refractivity contribution in [2.24, 2.45) is 0 Å². The van der Waals surface area contributed by atoms with Gasteiger partial charge >= 0.3 is 7.12 Å². The van der Waals surface area contributed by atoms with Crippen LogP contribution in [-0.2, 0) is 14.7 Å². The Morgan fingerprint density at radius 3 is 1.65 bits per heavy atom. The molecule has 0 amide bonds. The van der Waals surface area contributed by atoms with Gasteiger partial charge in [0, 0.05) is 22.1 Å². The normalized spacial score (nSPS) is 18.1. The summed E-state index contributed by atoms with van der Waals surface area (Å²) in [4.78, 5) is 10.3. The third-order valence-corrected chi connectivity index (χ3v) is 12.0. The minimum absolute atomic E-state index is 0.0377. The number of hydrogen-bond acceptors (Lipinski definition) is 4. The lowest BCUT2D eigenvalue weighted by atomic mass is 9.66. The van der Waals surface area contributed by atoms with Crippen molar-refractivity contribution in [3.63, 3.8) is 0 Å². The molecule has 0 radical (unpaired) electrons. The minimum Gasteiger partial charge on any atom is -0.399 e. The zero-order valence-corrected chi connectivity index (χ0v) is 29.9. The third kappa shape index (κ3) is 5.46. The number of benzene rings is 5. The van der Waals surface area contributed by atoms with Gasteiger partial charge in [0.1, 0.15) is 0 Å². The summed E-state index contributed by atoms with van der Waals surface area (Å²) in [6.07, 6.45) is 6.00. The molecular weight excluding hydrogens is 623 g/mol. The van der Waals surface area contributed by atoms with E-state index in [-0.39, 0.29) is 23.7 Å². The zero-order valence-electron chi connectivity index (χ0n) is 29.9. The van der Waals surface area contributed by atoms with Gasteiger partial charge in [-0.2, -0.15) is 0 Å². The first kappa shape index (κ1) is 32.1. The Bertz CT molecular complexity index is 2220. The van der Waals surface area contributed by atoms with Gasteiger partial charge in [0.25, 0.3) is 0 Å². The smallest absolute Gasteiger partial charge is 0.399 e. The van der Waals surface area contributed by atoms with E-state index >= 15 is 0 Å². The molecule has 0 atom stereocenters. The van der Waals surface area contributed by atoms with Gasteiger partial charge in [0.05, 0.1) is 22.6 Å². The van der Waals surface area contributed by atoms with E-state index in [2.05, 4.69) is 149 Å². The van der Waals surface area contributed by atoms with Crippen molar-refractivity contribution in [3.05, 3.63) is 139 Å². The van der Waals surface area contributed by atoms with Crippen molar-refractivity contribution in [1.82, 2.24) is 9.97 Å². The highest BCUT2D eigenvalue weighted by Crippen LogP contribution is 2.56. The first-order valence-corrected chi connectivity index (χ1v) is 18.5. The molecule has 4 nitrogen and oxygen atoms in total. The van der Waals surface area contributed by atoms with E-state index in [0.717, 1.165) is 52.2 Å². The summed E-state index contributed by atoms with van der Waals surface area (Å²) in [5, 5.41) is 0. The van der Waals surface area contributed by atoms with Gasteiger partial charge in [0.15, 0.2) is 5.82 Å². The van der Waals surface area contributed by atoms with E-state index in [9.17, 15) is 0 Å². The van der Waals surface area contributed by atoms with Crippen LogP contribution in [-0.4, -0.2) is 28.3 Å². The quantitative estimate of drug-likeness (QED) is 0.172. The lowest BCUT2D eigenvalue weighted by Gasteiger charge is -2.36. The molecule has 0 N–H and O–H groups in total. The predicted octanol–water partition coefficient (Wildman–Crippen LogP) is 10.7. The molecule has 2 aliphatic carbocycles. The molecule has 0 bridgehead atoms. The van der Waals surface area contributed by atoms with Crippen molar-refractivity contribution in [2.45, 2.75) is 76.4 Å². The van der Waals surface area contributed by atoms with Crippen molar-refractivity contribution in [2.75, 3.05) is 0 Å². The van der Waals surface area contributed by atoms with Crippen LogP contribution in [0, 0.1) is 0 Å². The first-order valence-electron chi connectivity index (χ1n) is 18.5. The molecule has 1 saturated carbocycles. The fourth-order valence-electron chi connectivity index (χ4n) is 8.42. The molecule has 51 heavy (non-hydrogen) atoms. The fourth-order valence-corrected chi connectivity index (χ4v) is 8.42. The highest BCUT2D eigenvalue weighted by atomic mass is 16.7. The number of fused-ring (bicyclic) bond motifs is 5. The van der Waals surface area contributed by atoms with Crippen LogP contribution in [0.4, 0.5) is 0 Å². The Morgan fingerprint density at radius 2 is 1.00 bits per heavy atom. The summed E-state index contributed by atoms with van der Waals surface area (Å²) in [5.41, 5.74) is 13.3. The highest BCUT2D eigenvalue weighted by Gasteiger charge is 2.52. The Hall–Kier alpha value is -4.84. The lowest BCUT2D eigenvalue weighted by Crippen LogP contribution is -2.41. The molecule has 9 rings (SSSR count). The van der Waals surface area contributed by atoms with E-state index in [1.807, 2.05) is 6.07 Å². The SMILES string of the molecule is CC1(C)OB(c2ccc3c(c2)C2(CCCCC2)c2cc(-c4cc(-c5ccc(-c6ccccc6)cc5)nc(-c5ccccc5)n4)ccc2-3)OC1(C)C. The number of hydrogen-bond donors (Lipinski definition) is 0. The van der Waals surface area contributed by atoms with Gasteiger partial charge in [-0.05, 0) is 91.5 Å². The molecular formula is C46H43BN2O2. The maximum atomic E-state index is 6.53. The standard InChI is InChI=1S/C46H43BN2O2/c1-44(2)45(3,4)51-47(50-44)36-23-25-38-37-24-22-35(28-39(37)46(40(38)29-36)26-12-7-13-27-46)42-30-41(48-43(49-42)34-16-10-6-11-17-34)33-20-18-32(19-21-33)31-14-8-5-9-15-31/h5-6,8-11,14-25,28-30H,7,12-13,26-27H2,1-4H3. The van der Waals surface area contributed by atoms with Crippen molar-refractivity contribution in [3.8, 4) is 56.2 Å². The van der Waals surface area contributed by atoms with Crippen LogP contribution in [0.25, 0.3) is 56.2 Å². The molecule has 1 aromatic heterocycles. The number of aromatic nitrogens is 2. The van der Waals surface area contributed by atoms with Crippen LogP contribution < -0.4 is 5.46 Å². The molecule has 5 heteroatoms. The molecule has 6 aromatic rings. The summed E-state index contributed by atoms with van der Waals surface area (Å²) in [6, 6.07) is 45.7. The van der Waals surface area contributed by atoms with E-state index in [1.165, 1.54) is 52.6 Å². The Morgan fingerprint density at radius 1 is 0.490 bits per heavy atom. The van der Waals surface area contributed by atoms with Gasteiger partial charge in [-0.3, -0.25) is 0 Å². The monoisotopic (exact) mass is 666 g/mol. The second kappa shape index (κ2) is 12.1. The molecule has 3 aliphatic rings. The second-order valence-electron chi connectivity index (χ2n) is 15.6. The highest BCUT2D eigenvalue weighted by molar-refractivity contribution is 6.62. The molecule has 2 heterocycles. The first-order chi connectivity index (χ1) is 24.7. The zero-order chi connectivity index (χ0) is 34.8. The molecule has 252 valence electrons. The Labute approximate surface area is 302 Å². The van der Waals surface area contributed by atoms with Gasteiger partial charge < -0.3 is 9.31 Å². The van der Waals surface area contributed by atoms with Crippen molar-refractivity contribution >= 4 is 12.6 Å². The average molecular weight is 667 g/mol. The summed E-state index contributed by atoms with van der Waals surface area (Å²) < 4.78 is 13.1. The maximum Gasteiger partial charge on any atom is 0.494 e. The van der Waals surface area contributed by atoms with Gasteiger partial charge in [-0.15, -0.1) is 0 Å². The molecule has 0 unspecified atom stereocenters. The summed E-state index contributed by atoms with van der Waals surface area (Å²) in [7, 11) is -0.377. The maximum absolute atomic E-state index is 6.53. The molecule has 1 spiro atoms. The van der Waals surface area contributed by atoms with Crippen molar-refractivity contribution in [1.29, 1.82) is 0 Å². The predicted molar refractivity (Wildman–Crippen MR) is 209 cm³/mol. The van der Waals surface area contributed by atoms with Crippen LogP contribution in [0.5, 0.6) is 0 Å². The molecule has 2 fully saturated rings. The summed E-state index contributed by atoms with van der Waals surface area (Å²) in [5.74, 6) is 0.735. The molecule has 1 saturated heterocycles. The molecule has 5 aromatic carbocycles. The largest absolute Gasteiger partial charge is 0.494 e. The van der Waals surface area contributed by atoms with Gasteiger partial charge in [-0.25, -0.2) is 9.97 Å². The van der Waals surface area contributed by atoms with E-state index < -0.39 is 0 Å². The minimum atomic E-state index is -0.379. The van der Waals surface area contributed by atoms with Gasteiger partial charge in [-0.1, -0.05) is 135 Å². The lowest BCUT2D eigenvalue weighted by molar-refractivity contribution is 0.00578. The number of nitrogens with zero attached hydrogens (tertiary/aromatic N) is 2. The summed E-state index contributed by atoms with van der Waals surface area (Å²) >= 11 is 0.